The summed E-state index contributed by atoms with van der Waals surface area (Å²) >= 11 is 2.68. The molecule has 1 N–H and O–H groups in total. The van der Waals surface area contributed by atoms with Crippen molar-refractivity contribution in [3.05, 3.63) is 71.0 Å². The lowest BCUT2D eigenvalue weighted by Gasteiger charge is -2.16. The first-order valence-corrected chi connectivity index (χ1v) is 10.5. The highest BCUT2D eigenvalue weighted by Gasteiger charge is 2.33. The average Bonchev–Trinajstić information content (AvgIpc) is 3.15. The maximum Gasteiger partial charge on any atom is 0.418 e. The molecule has 2 aromatic carbocycles. The van der Waals surface area contributed by atoms with Crippen LogP contribution >= 0.6 is 23.1 Å². The molecular formula is C20H16F4N2OS2. The molecule has 0 saturated heterocycles. The van der Waals surface area contributed by atoms with Crippen molar-refractivity contribution < 1.29 is 22.4 Å². The van der Waals surface area contributed by atoms with E-state index >= 15 is 0 Å². The lowest BCUT2D eigenvalue weighted by atomic mass is 10.1. The molecule has 1 aromatic heterocycles. The zero-order valence-electron chi connectivity index (χ0n) is 15.2. The summed E-state index contributed by atoms with van der Waals surface area (Å²) in [5, 5.41) is 4.36. The summed E-state index contributed by atoms with van der Waals surface area (Å²) in [5.74, 6) is -0.415. The van der Waals surface area contributed by atoms with Gasteiger partial charge in [-0.05, 0) is 43.3 Å². The first-order chi connectivity index (χ1) is 13.7. The number of carbonyl (C=O) groups excluding carboxylic acids is 1. The second-order valence-electron chi connectivity index (χ2n) is 6.14. The normalized spacial score (nSPS) is 12.6. The third kappa shape index (κ3) is 5.57. The Morgan fingerprint density at radius 3 is 2.55 bits per heavy atom. The van der Waals surface area contributed by atoms with Crippen molar-refractivity contribution in [1.29, 1.82) is 0 Å². The van der Waals surface area contributed by atoms with Crippen LogP contribution in [0.3, 0.4) is 0 Å². The van der Waals surface area contributed by atoms with Gasteiger partial charge in [-0.1, -0.05) is 12.1 Å². The summed E-state index contributed by atoms with van der Waals surface area (Å²) in [6, 6.07) is 10.9. The van der Waals surface area contributed by atoms with Gasteiger partial charge in [-0.25, -0.2) is 9.37 Å². The number of halogens is 4. The van der Waals surface area contributed by atoms with E-state index in [1.807, 2.05) is 5.38 Å². The van der Waals surface area contributed by atoms with E-state index in [1.165, 1.54) is 53.4 Å². The molecule has 0 fully saturated rings. The summed E-state index contributed by atoms with van der Waals surface area (Å²) in [4.78, 5) is 16.8. The number of carbonyl (C=O) groups is 1. The lowest BCUT2D eigenvalue weighted by molar-refractivity contribution is -0.137. The second kappa shape index (κ2) is 8.96. The van der Waals surface area contributed by atoms with Gasteiger partial charge < -0.3 is 5.32 Å². The van der Waals surface area contributed by atoms with Crippen LogP contribution in [0.1, 0.15) is 18.2 Å². The molecule has 0 saturated carbocycles. The Balaban J connectivity index is 1.59. The standard InChI is InChI=1S/C20H16F4N2OS2/c1-12(18(27)26-17-5-3-2-4-16(17)20(22,23)24)28-10-15-11-29-19(25-15)13-6-8-14(21)9-7-13/h2-9,11-12H,10H2,1H3,(H,26,27). The van der Waals surface area contributed by atoms with Crippen LogP contribution in [0.2, 0.25) is 0 Å². The van der Waals surface area contributed by atoms with Gasteiger partial charge in [-0.2, -0.15) is 13.2 Å². The maximum absolute atomic E-state index is 13.0. The smallest absolute Gasteiger partial charge is 0.325 e. The van der Waals surface area contributed by atoms with Crippen LogP contribution in [0.15, 0.2) is 53.9 Å². The number of nitrogens with one attached hydrogen (secondary N) is 1. The Morgan fingerprint density at radius 2 is 1.86 bits per heavy atom. The van der Waals surface area contributed by atoms with Crippen molar-refractivity contribution >= 4 is 34.7 Å². The fourth-order valence-corrected chi connectivity index (χ4v) is 4.17. The van der Waals surface area contributed by atoms with Crippen LogP contribution < -0.4 is 5.32 Å². The Morgan fingerprint density at radius 1 is 1.17 bits per heavy atom. The first-order valence-electron chi connectivity index (χ1n) is 8.53. The number of amides is 1. The van der Waals surface area contributed by atoms with Crippen molar-refractivity contribution in [3.63, 3.8) is 0 Å². The van der Waals surface area contributed by atoms with Crippen LogP contribution in [-0.2, 0) is 16.7 Å². The van der Waals surface area contributed by atoms with Crippen molar-refractivity contribution in [3.8, 4) is 10.6 Å². The summed E-state index contributed by atoms with van der Waals surface area (Å²) in [6.07, 6.45) is -4.54. The van der Waals surface area contributed by atoms with E-state index in [0.717, 1.165) is 22.3 Å². The van der Waals surface area contributed by atoms with E-state index in [1.54, 1.807) is 19.1 Å². The van der Waals surface area contributed by atoms with E-state index in [4.69, 9.17) is 0 Å². The van der Waals surface area contributed by atoms with Crippen molar-refractivity contribution in [1.82, 2.24) is 4.98 Å². The van der Waals surface area contributed by atoms with Gasteiger partial charge in [-0.3, -0.25) is 4.79 Å². The molecule has 0 aliphatic carbocycles. The van der Waals surface area contributed by atoms with Crippen molar-refractivity contribution in [2.24, 2.45) is 0 Å². The van der Waals surface area contributed by atoms with Gasteiger partial charge in [0.25, 0.3) is 0 Å². The van der Waals surface area contributed by atoms with Crippen LogP contribution in [0, 0.1) is 5.82 Å². The average molecular weight is 440 g/mol. The van der Waals surface area contributed by atoms with E-state index in [9.17, 15) is 22.4 Å². The summed E-state index contributed by atoms with van der Waals surface area (Å²) in [5.41, 5.74) is 0.399. The SMILES string of the molecule is CC(SCc1csc(-c2ccc(F)cc2)n1)C(=O)Nc1ccccc1C(F)(F)F. The Hall–Kier alpha value is -2.39. The quantitative estimate of drug-likeness (QED) is 0.462. The molecule has 9 heteroatoms. The van der Waals surface area contributed by atoms with E-state index in [-0.39, 0.29) is 11.5 Å². The fourth-order valence-electron chi connectivity index (χ4n) is 2.46. The largest absolute Gasteiger partial charge is 0.418 e. The van der Waals surface area contributed by atoms with Crippen LogP contribution in [-0.4, -0.2) is 16.1 Å². The molecule has 1 heterocycles. The number of thioether (sulfide) groups is 1. The molecule has 1 amide bonds. The minimum Gasteiger partial charge on any atom is -0.325 e. The molecule has 3 rings (SSSR count). The predicted molar refractivity (Wildman–Crippen MR) is 108 cm³/mol. The molecule has 3 nitrogen and oxygen atoms in total. The zero-order valence-corrected chi connectivity index (χ0v) is 16.8. The van der Waals surface area contributed by atoms with Crippen LogP contribution in [0.25, 0.3) is 10.6 Å². The number of benzene rings is 2. The maximum atomic E-state index is 13.0. The molecule has 0 bridgehead atoms. The first kappa shape index (κ1) is 21.3. The molecule has 0 aliphatic heterocycles. The lowest BCUT2D eigenvalue weighted by Crippen LogP contribution is -2.24. The van der Waals surface area contributed by atoms with Gasteiger partial charge >= 0.3 is 6.18 Å². The summed E-state index contributed by atoms with van der Waals surface area (Å²) < 4.78 is 52.2. The van der Waals surface area contributed by atoms with Gasteiger partial charge in [0.2, 0.25) is 5.91 Å². The zero-order chi connectivity index (χ0) is 21.0. The van der Waals surface area contributed by atoms with E-state index in [0.29, 0.717) is 5.75 Å². The summed E-state index contributed by atoms with van der Waals surface area (Å²) in [7, 11) is 0. The predicted octanol–water partition coefficient (Wildman–Crippen LogP) is 6.23. The van der Waals surface area contributed by atoms with Gasteiger partial charge in [0, 0.05) is 16.7 Å². The van der Waals surface area contributed by atoms with Crippen molar-refractivity contribution in [2.45, 2.75) is 24.1 Å². The molecule has 3 aromatic rings. The van der Waals surface area contributed by atoms with E-state index < -0.39 is 22.9 Å². The molecule has 0 radical (unpaired) electrons. The van der Waals surface area contributed by atoms with Gasteiger partial charge in [0.05, 0.1) is 22.2 Å². The number of rotatable bonds is 6. The minimum absolute atomic E-state index is 0.260. The number of aromatic nitrogens is 1. The highest BCUT2D eigenvalue weighted by Crippen LogP contribution is 2.35. The highest BCUT2D eigenvalue weighted by atomic mass is 32.2. The number of anilines is 1. The second-order valence-corrected chi connectivity index (χ2v) is 8.32. The molecule has 1 atom stereocenters. The number of alkyl halides is 3. The Labute approximate surface area is 173 Å². The molecule has 0 spiro atoms. The fraction of sp³-hybridized carbons (Fsp3) is 0.200. The van der Waals surface area contributed by atoms with Gasteiger partial charge in [0.15, 0.2) is 0 Å². The molecule has 29 heavy (non-hydrogen) atoms. The Kier molecular flexibility index (Phi) is 6.59. The minimum atomic E-state index is -4.54. The number of hydrogen-bond donors (Lipinski definition) is 1. The number of para-hydroxylation sites is 1. The summed E-state index contributed by atoms with van der Waals surface area (Å²) in [6.45, 7) is 1.63. The van der Waals surface area contributed by atoms with Crippen LogP contribution in [0.5, 0.6) is 0 Å². The van der Waals surface area contributed by atoms with Gasteiger partial charge in [0.1, 0.15) is 10.8 Å². The topological polar surface area (TPSA) is 42.0 Å². The number of hydrogen-bond acceptors (Lipinski definition) is 4. The van der Waals surface area contributed by atoms with Gasteiger partial charge in [-0.15, -0.1) is 23.1 Å². The monoisotopic (exact) mass is 440 g/mol. The number of nitrogens with zero attached hydrogens (tertiary/aromatic N) is 1. The molecular weight excluding hydrogens is 424 g/mol. The Bertz CT molecular complexity index is 987. The third-order valence-corrected chi connectivity index (χ3v) is 6.10. The van der Waals surface area contributed by atoms with E-state index in [2.05, 4.69) is 10.3 Å². The molecule has 0 aliphatic rings. The van der Waals surface area contributed by atoms with Crippen molar-refractivity contribution in [2.75, 3.05) is 5.32 Å². The van der Waals surface area contributed by atoms with Crippen LogP contribution in [0.4, 0.5) is 23.2 Å². The third-order valence-electron chi connectivity index (χ3n) is 3.98. The highest BCUT2D eigenvalue weighted by molar-refractivity contribution is 7.99. The molecule has 1 unspecified atom stereocenters. The number of thiazole rings is 1. The molecule has 152 valence electrons.